The van der Waals surface area contributed by atoms with Crippen molar-refractivity contribution in [1.82, 2.24) is 5.32 Å². The van der Waals surface area contributed by atoms with E-state index in [9.17, 15) is 14.0 Å². The van der Waals surface area contributed by atoms with Crippen LogP contribution in [0.3, 0.4) is 0 Å². The molecule has 0 aliphatic rings. The Balaban J connectivity index is 1.83. The minimum Gasteiger partial charge on any atom is -0.345 e. The molecule has 0 spiro atoms. The lowest BCUT2D eigenvalue weighted by atomic mass is 9.97. The summed E-state index contributed by atoms with van der Waals surface area (Å²) in [6.45, 7) is 0. The summed E-state index contributed by atoms with van der Waals surface area (Å²) in [5.41, 5.74) is 1.76. The van der Waals surface area contributed by atoms with Crippen molar-refractivity contribution in [3.8, 4) is 0 Å². The van der Waals surface area contributed by atoms with Gasteiger partial charge in [-0.15, -0.1) is 0 Å². The van der Waals surface area contributed by atoms with Gasteiger partial charge in [0.05, 0.1) is 6.04 Å². The van der Waals surface area contributed by atoms with E-state index >= 15 is 0 Å². The Labute approximate surface area is 151 Å². The standard InChI is InChI=1S/C22H18FNO2/c23-19-13-11-16(12-14-19)20(15-21(25)17-7-3-1-4-8-17)24-22(26)18-9-5-2-6-10-18/h1-14,20H,15H2,(H,24,26)/t20-/m0/s1. The third-order valence-electron chi connectivity index (χ3n) is 4.10. The maximum absolute atomic E-state index is 13.3. The van der Waals surface area contributed by atoms with Gasteiger partial charge in [0, 0.05) is 17.5 Å². The SMILES string of the molecule is O=C(C[C@H](NC(=O)c1ccccc1)c1ccc(F)cc1)c1ccccc1. The number of halogens is 1. The van der Waals surface area contributed by atoms with Crippen molar-refractivity contribution < 1.29 is 14.0 Å². The predicted molar refractivity (Wildman–Crippen MR) is 98.4 cm³/mol. The maximum Gasteiger partial charge on any atom is 0.251 e. The first kappa shape index (κ1) is 17.5. The Morgan fingerprint density at radius 3 is 1.88 bits per heavy atom. The largest absolute Gasteiger partial charge is 0.345 e. The average Bonchev–Trinajstić information content (AvgIpc) is 2.69. The molecule has 0 aliphatic carbocycles. The normalized spacial score (nSPS) is 11.6. The van der Waals surface area contributed by atoms with Gasteiger partial charge < -0.3 is 5.32 Å². The van der Waals surface area contributed by atoms with E-state index < -0.39 is 6.04 Å². The second kappa shape index (κ2) is 8.21. The summed E-state index contributed by atoms with van der Waals surface area (Å²) < 4.78 is 13.3. The van der Waals surface area contributed by atoms with Gasteiger partial charge >= 0.3 is 0 Å². The molecular formula is C22H18FNO2. The molecule has 0 fully saturated rings. The molecule has 0 unspecified atom stereocenters. The zero-order chi connectivity index (χ0) is 18.4. The van der Waals surface area contributed by atoms with Gasteiger partial charge in [0.25, 0.3) is 5.91 Å². The van der Waals surface area contributed by atoms with E-state index in [1.54, 1.807) is 60.7 Å². The van der Waals surface area contributed by atoms with Crippen molar-refractivity contribution in [2.75, 3.05) is 0 Å². The minimum atomic E-state index is -0.545. The third kappa shape index (κ3) is 4.42. The molecule has 0 aliphatic heterocycles. The van der Waals surface area contributed by atoms with Crippen LogP contribution in [0.1, 0.15) is 38.7 Å². The number of Topliss-reactive ketones (excluding diaryl/α,β-unsaturated/α-hetero) is 1. The monoisotopic (exact) mass is 347 g/mol. The summed E-state index contributed by atoms with van der Waals surface area (Å²) in [6.07, 6.45) is 0.0915. The fourth-order valence-corrected chi connectivity index (χ4v) is 2.71. The van der Waals surface area contributed by atoms with Gasteiger partial charge in [-0.2, -0.15) is 0 Å². The highest BCUT2D eigenvalue weighted by atomic mass is 19.1. The van der Waals surface area contributed by atoms with Crippen LogP contribution in [0.4, 0.5) is 4.39 Å². The van der Waals surface area contributed by atoms with Crippen molar-refractivity contribution in [2.45, 2.75) is 12.5 Å². The van der Waals surface area contributed by atoms with Crippen molar-refractivity contribution in [2.24, 2.45) is 0 Å². The lowest BCUT2D eigenvalue weighted by molar-refractivity contribution is 0.0912. The molecule has 0 saturated carbocycles. The highest BCUT2D eigenvalue weighted by Gasteiger charge is 2.20. The van der Waals surface area contributed by atoms with Crippen molar-refractivity contribution in [3.63, 3.8) is 0 Å². The first-order valence-electron chi connectivity index (χ1n) is 8.33. The predicted octanol–water partition coefficient (Wildman–Crippen LogP) is 4.57. The first-order valence-corrected chi connectivity index (χ1v) is 8.33. The Morgan fingerprint density at radius 1 is 0.769 bits per heavy atom. The molecule has 3 rings (SSSR count). The molecule has 0 bridgehead atoms. The number of hydrogen-bond donors (Lipinski definition) is 1. The lowest BCUT2D eigenvalue weighted by Crippen LogP contribution is -2.30. The van der Waals surface area contributed by atoms with Crippen molar-refractivity contribution >= 4 is 11.7 Å². The second-order valence-electron chi connectivity index (χ2n) is 5.94. The van der Waals surface area contributed by atoms with Crippen LogP contribution < -0.4 is 5.32 Å². The van der Waals surface area contributed by atoms with Gasteiger partial charge in [0.1, 0.15) is 5.82 Å². The highest BCUT2D eigenvalue weighted by molar-refractivity contribution is 5.98. The number of nitrogens with one attached hydrogen (secondary N) is 1. The van der Waals surface area contributed by atoms with Crippen LogP contribution in [-0.2, 0) is 0 Å². The van der Waals surface area contributed by atoms with E-state index in [-0.39, 0.29) is 23.9 Å². The van der Waals surface area contributed by atoms with E-state index in [1.165, 1.54) is 12.1 Å². The molecule has 26 heavy (non-hydrogen) atoms. The maximum atomic E-state index is 13.3. The van der Waals surface area contributed by atoms with E-state index in [2.05, 4.69) is 5.32 Å². The van der Waals surface area contributed by atoms with E-state index in [0.29, 0.717) is 16.7 Å². The van der Waals surface area contributed by atoms with Gasteiger partial charge in [-0.1, -0.05) is 60.7 Å². The molecule has 3 nitrogen and oxygen atoms in total. The van der Waals surface area contributed by atoms with E-state index in [4.69, 9.17) is 0 Å². The van der Waals surface area contributed by atoms with Crippen LogP contribution in [0.2, 0.25) is 0 Å². The summed E-state index contributed by atoms with van der Waals surface area (Å²) in [4.78, 5) is 25.1. The second-order valence-corrected chi connectivity index (χ2v) is 5.94. The Hall–Kier alpha value is -3.27. The zero-order valence-corrected chi connectivity index (χ0v) is 14.1. The fourth-order valence-electron chi connectivity index (χ4n) is 2.71. The first-order chi connectivity index (χ1) is 12.6. The summed E-state index contributed by atoms with van der Waals surface area (Å²) in [5, 5.41) is 2.89. The quantitative estimate of drug-likeness (QED) is 0.664. The molecular weight excluding hydrogens is 329 g/mol. The number of amides is 1. The summed E-state index contributed by atoms with van der Waals surface area (Å²) in [5.74, 6) is -0.731. The van der Waals surface area contributed by atoms with Crippen LogP contribution in [0.25, 0.3) is 0 Å². The van der Waals surface area contributed by atoms with Gasteiger partial charge in [-0.3, -0.25) is 9.59 Å². The summed E-state index contributed by atoms with van der Waals surface area (Å²) in [6, 6.07) is 23.0. The van der Waals surface area contributed by atoms with Crippen molar-refractivity contribution in [1.29, 1.82) is 0 Å². The highest BCUT2D eigenvalue weighted by Crippen LogP contribution is 2.21. The van der Waals surface area contributed by atoms with Crippen LogP contribution in [0.15, 0.2) is 84.9 Å². The van der Waals surface area contributed by atoms with Gasteiger partial charge in [0.2, 0.25) is 0 Å². The third-order valence-corrected chi connectivity index (χ3v) is 4.10. The lowest BCUT2D eigenvalue weighted by Gasteiger charge is -2.19. The van der Waals surface area contributed by atoms with Gasteiger partial charge in [-0.05, 0) is 29.8 Å². The molecule has 3 aromatic carbocycles. The van der Waals surface area contributed by atoms with Crippen LogP contribution in [0, 0.1) is 5.82 Å². The number of ketones is 1. The van der Waals surface area contributed by atoms with Gasteiger partial charge in [0.15, 0.2) is 5.78 Å². The number of carbonyl (C=O) groups is 2. The zero-order valence-electron chi connectivity index (χ0n) is 14.1. The van der Waals surface area contributed by atoms with Crippen LogP contribution in [-0.4, -0.2) is 11.7 Å². The number of hydrogen-bond acceptors (Lipinski definition) is 2. The van der Waals surface area contributed by atoms with E-state index in [0.717, 1.165) is 0 Å². The molecule has 0 aromatic heterocycles. The van der Waals surface area contributed by atoms with E-state index in [1.807, 2.05) is 12.1 Å². The average molecular weight is 347 g/mol. The smallest absolute Gasteiger partial charge is 0.251 e. The number of carbonyl (C=O) groups excluding carboxylic acids is 2. The number of benzene rings is 3. The Bertz CT molecular complexity index is 824. The fraction of sp³-hybridized carbons (Fsp3) is 0.0909. The summed E-state index contributed by atoms with van der Waals surface area (Å²) >= 11 is 0. The molecule has 4 heteroatoms. The van der Waals surface area contributed by atoms with Gasteiger partial charge in [-0.25, -0.2) is 4.39 Å². The Morgan fingerprint density at radius 2 is 1.31 bits per heavy atom. The van der Waals surface area contributed by atoms with Crippen LogP contribution >= 0.6 is 0 Å². The van der Waals surface area contributed by atoms with Crippen LogP contribution in [0.5, 0.6) is 0 Å². The molecule has 0 heterocycles. The summed E-state index contributed by atoms with van der Waals surface area (Å²) in [7, 11) is 0. The van der Waals surface area contributed by atoms with Crippen molar-refractivity contribution in [3.05, 3.63) is 107 Å². The number of rotatable bonds is 6. The topological polar surface area (TPSA) is 46.2 Å². The molecule has 3 aromatic rings. The molecule has 1 amide bonds. The molecule has 130 valence electrons. The molecule has 1 atom stereocenters. The minimum absolute atomic E-state index is 0.0895. The Kier molecular flexibility index (Phi) is 5.54. The molecule has 1 N–H and O–H groups in total. The molecule has 0 radical (unpaired) electrons. The molecule has 0 saturated heterocycles.